The molecule has 2 aromatic heterocycles. The zero-order valence-electron chi connectivity index (χ0n) is 9.75. The summed E-state index contributed by atoms with van der Waals surface area (Å²) in [5.74, 6) is -0.0328. The molecule has 3 aromatic rings. The average Bonchev–Trinajstić information content (AvgIpc) is 2.84. The number of carbonyl (C=O) groups excluding carboxylic acids is 1. The second-order valence-electron chi connectivity index (χ2n) is 3.87. The summed E-state index contributed by atoms with van der Waals surface area (Å²) in [6.45, 7) is 0. The molecule has 0 unspecified atom stereocenters. The monoisotopic (exact) mass is 272 g/mol. The first kappa shape index (κ1) is 11.7. The highest BCUT2D eigenvalue weighted by atomic mass is 35.5. The largest absolute Gasteiger partial charge is 0.289 e. The second-order valence-corrected chi connectivity index (χ2v) is 4.26. The quantitative estimate of drug-likeness (QED) is 0.730. The zero-order valence-corrected chi connectivity index (χ0v) is 10.5. The number of amides is 1. The van der Waals surface area contributed by atoms with Crippen molar-refractivity contribution in [3.63, 3.8) is 0 Å². The van der Waals surface area contributed by atoms with Gasteiger partial charge in [-0.3, -0.25) is 10.1 Å². The number of aromatic nitrogens is 3. The predicted molar refractivity (Wildman–Crippen MR) is 72.4 cm³/mol. The van der Waals surface area contributed by atoms with Crippen LogP contribution >= 0.6 is 11.6 Å². The Morgan fingerprint density at radius 3 is 2.63 bits per heavy atom. The molecule has 0 aliphatic carbocycles. The number of hydrogen-bond acceptors (Lipinski definition) is 3. The maximum absolute atomic E-state index is 11.9. The number of pyridine rings is 1. The number of anilines is 1. The van der Waals surface area contributed by atoms with Crippen molar-refractivity contribution in [2.45, 2.75) is 0 Å². The number of benzene rings is 1. The van der Waals surface area contributed by atoms with Crippen molar-refractivity contribution in [3.05, 3.63) is 59.2 Å². The number of hydrogen-bond donors (Lipinski definition) is 1. The van der Waals surface area contributed by atoms with E-state index < -0.39 is 0 Å². The molecule has 0 saturated carbocycles. The molecule has 0 spiro atoms. The molecule has 1 amide bonds. The van der Waals surface area contributed by atoms with Gasteiger partial charge in [-0.15, -0.1) is 5.10 Å². The molecule has 0 bridgehead atoms. The molecule has 3 rings (SSSR count). The fourth-order valence-corrected chi connectivity index (χ4v) is 1.89. The van der Waals surface area contributed by atoms with Crippen LogP contribution in [0, 0.1) is 0 Å². The summed E-state index contributed by atoms with van der Waals surface area (Å²) in [5, 5.41) is 7.19. The minimum absolute atomic E-state index is 0.224. The van der Waals surface area contributed by atoms with Gasteiger partial charge in [0.2, 0.25) is 5.95 Å². The number of fused-ring (bicyclic) bond motifs is 1. The molecule has 0 atom stereocenters. The van der Waals surface area contributed by atoms with E-state index in [0.717, 1.165) is 0 Å². The Bertz CT molecular complexity index is 739. The van der Waals surface area contributed by atoms with Gasteiger partial charge in [0.1, 0.15) is 5.15 Å². The molecule has 0 aliphatic rings. The molecule has 0 aliphatic heterocycles. The topological polar surface area (TPSA) is 59.3 Å². The number of nitrogens with zero attached hydrogens (tertiary/aromatic N) is 3. The van der Waals surface area contributed by atoms with Gasteiger partial charge < -0.3 is 0 Å². The molecule has 19 heavy (non-hydrogen) atoms. The highest BCUT2D eigenvalue weighted by Crippen LogP contribution is 2.13. The van der Waals surface area contributed by atoms with Crippen molar-refractivity contribution in [2.24, 2.45) is 0 Å². The van der Waals surface area contributed by atoms with Crippen molar-refractivity contribution in [2.75, 3.05) is 5.32 Å². The zero-order chi connectivity index (χ0) is 13.2. The van der Waals surface area contributed by atoms with E-state index in [4.69, 9.17) is 11.6 Å². The number of halogens is 1. The Balaban J connectivity index is 1.90. The molecular formula is C13H9ClN4O. The number of nitrogens with one attached hydrogen (secondary N) is 1. The number of rotatable bonds is 2. The van der Waals surface area contributed by atoms with Gasteiger partial charge in [-0.1, -0.05) is 35.9 Å². The van der Waals surface area contributed by atoms with Crippen molar-refractivity contribution in [3.8, 4) is 0 Å². The van der Waals surface area contributed by atoms with Crippen LogP contribution < -0.4 is 5.32 Å². The second kappa shape index (κ2) is 4.70. The van der Waals surface area contributed by atoms with E-state index in [1.807, 2.05) is 6.07 Å². The first-order valence-corrected chi connectivity index (χ1v) is 5.99. The summed E-state index contributed by atoms with van der Waals surface area (Å²) in [6, 6.07) is 14.1. The minimum atomic E-state index is -0.257. The van der Waals surface area contributed by atoms with E-state index in [1.165, 1.54) is 4.52 Å². The van der Waals surface area contributed by atoms with E-state index in [9.17, 15) is 4.79 Å². The highest BCUT2D eigenvalue weighted by molar-refractivity contribution is 6.29. The van der Waals surface area contributed by atoms with Crippen molar-refractivity contribution in [1.82, 2.24) is 14.6 Å². The molecule has 0 saturated heterocycles. The van der Waals surface area contributed by atoms with Gasteiger partial charge in [-0.25, -0.2) is 4.52 Å². The summed E-state index contributed by atoms with van der Waals surface area (Å²) in [6.07, 6.45) is 0. The lowest BCUT2D eigenvalue weighted by Crippen LogP contribution is -2.12. The molecule has 2 heterocycles. The smallest absolute Gasteiger partial charge is 0.258 e. The van der Waals surface area contributed by atoms with Crippen LogP contribution in [0.3, 0.4) is 0 Å². The molecule has 0 fully saturated rings. The first-order chi connectivity index (χ1) is 9.24. The lowest BCUT2D eigenvalue weighted by molar-refractivity contribution is 0.102. The van der Waals surface area contributed by atoms with E-state index in [-0.39, 0.29) is 11.9 Å². The fourth-order valence-electron chi connectivity index (χ4n) is 1.69. The van der Waals surface area contributed by atoms with Gasteiger partial charge in [-0.2, -0.15) is 4.98 Å². The van der Waals surface area contributed by atoms with E-state index >= 15 is 0 Å². The normalized spacial score (nSPS) is 10.6. The molecule has 1 N–H and O–H groups in total. The molecule has 94 valence electrons. The fraction of sp³-hybridized carbons (Fsp3) is 0. The highest BCUT2D eigenvalue weighted by Gasteiger charge is 2.10. The summed E-state index contributed by atoms with van der Waals surface area (Å²) >= 11 is 5.97. The van der Waals surface area contributed by atoms with Crippen molar-refractivity contribution < 1.29 is 4.79 Å². The summed E-state index contributed by atoms with van der Waals surface area (Å²) < 4.78 is 1.46. The van der Waals surface area contributed by atoms with Gasteiger partial charge >= 0.3 is 0 Å². The Labute approximate surface area is 113 Å². The van der Waals surface area contributed by atoms with Gasteiger partial charge in [-0.05, 0) is 24.3 Å². The average molecular weight is 273 g/mol. The lowest BCUT2D eigenvalue weighted by atomic mass is 10.2. The molecule has 0 radical (unpaired) electrons. The van der Waals surface area contributed by atoms with Crippen LogP contribution in [0.1, 0.15) is 10.4 Å². The molecule has 5 nitrogen and oxygen atoms in total. The van der Waals surface area contributed by atoms with Gasteiger partial charge in [0.25, 0.3) is 5.91 Å². The van der Waals surface area contributed by atoms with E-state index in [0.29, 0.717) is 16.4 Å². The molecule has 6 heteroatoms. The van der Waals surface area contributed by atoms with Crippen molar-refractivity contribution >= 4 is 29.1 Å². The predicted octanol–water partition coefficient (Wildman–Crippen LogP) is 2.64. The molecule has 1 aromatic carbocycles. The third-order valence-electron chi connectivity index (χ3n) is 2.57. The number of carbonyl (C=O) groups is 1. The Morgan fingerprint density at radius 2 is 1.89 bits per heavy atom. The Hall–Kier alpha value is -2.40. The van der Waals surface area contributed by atoms with E-state index in [1.54, 1.807) is 42.5 Å². The summed E-state index contributed by atoms with van der Waals surface area (Å²) in [4.78, 5) is 16.1. The molecular weight excluding hydrogens is 264 g/mol. The SMILES string of the molecule is O=C(Nc1nc2cccc(Cl)n2n1)c1ccccc1. The lowest BCUT2D eigenvalue weighted by Gasteiger charge is -1.99. The maximum atomic E-state index is 11.9. The van der Waals surface area contributed by atoms with Crippen LogP contribution in [0.5, 0.6) is 0 Å². The summed E-state index contributed by atoms with van der Waals surface area (Å²) in [5.41, 5.74) is 1.13. The third-order valence-corrected chi connectivity index (χ3v) is 2.86. The minimum Gasteiger partial charge on any atom is -0.289 e. The van der Waals surface area contributed by atoms with Gasteiger partial charge in [0.15, 0.2) is 5.65 Å². The Morgan fingerprint density at radius 1 is 1.11 bits per heavy atom. The van der Waals surface area contributed by atoms with Gasteiger partial charge in [0.05, 0.1) is 0 Å². The Kier molecular flexibility index (Phi) is 2.89. The van der Waals surface area contributed by atoms with E-state index in [2.05, 4.69) is 15.4 Å². The third kappa shape index (κ3) is 2.28. The van der Waals surface area contributed by atoms with Crippen LogP contribution in [0.2, 0.25) is 5.15 Å². The summed E-state index contributed by atoms with van der Waals surface area (Å²) in [7, 11) is 0. The van der Waals surface area contributed by atoms with Crippen LogP contribution in [-0.4, -0.2) is 20.5 Å². The van der Waals surface area contributed by atoms with Crippen LogP contribution in [0.4, 0.5) is 5.95 Å². The standard InChI is InChI=1S/C13H9ClN4O/c14-10-7-4-8-11-15-13(17-18(10)11)16-12(19)9-5-2-1-3-6-9/h1-8H,(H,16,17,19). The first-order valence-electron chi connectivity index (χ1n) is 5.62. The van der Waals surface area contributed by atoms with Gasteiger partial charge in [0, 0.05) is 5.56 Å². The maximum Gasteiger partial charge on any atom is 0.258 e. The van der Waals surface area contributed by atoms with Crippen LogP contribution in [0.25, 0.3) is 5.65 Å². The van der Waals surface area contributed by atoms with Crippen LogP contribution in [-0.2, 0) is 0 Å². The van der Waals surface area contributed by atoms with Crippen molar-refractivity contribution in [1.29, 1.82) is 0 Å². The van der Waals surface area contributed by atoms with Crippen LogP contribution in [0.15, 0.2) is 48.5 Å².